The normalized spacial score (nSPS) is 22.6. The van der Waals surface area contributed by atoms with Gasteiger partial charge in [0, 0.05) is 19.2 Å². The maximum atomic E-state index is 8.99. The maximum Gasteiger partial charge on any atom is 0.0431 e. The Kier molecular flexibility index (Phi) is 5.22. The van der Waals surface area contributed by atoms with Crippen LogP contribution in [0.25, 0.3) is 0 Å². The Labute approximate surface area is 123 Å². The predicted octanol–water partition coefficient (Wildman–Crippen LogP) is 4.01. The summed E-state index contributed by atoms with van der Waals surface area (Å²) in [6.07, 6.45) is 4.47. The van der Waals surface area contributed by atoms with Gasteiger partial charge in [0.2, 0.25) is 0 Å². The van der Waals surface area contributed by atoms with Gasteiger partial charge in [0.1, 0.15) is 0 Å². The molecule has 2 unspecified atom stereocenters. The third-order valence-corrected chi connectivity index (χ3v) is 4.63. The number of aliphatic hydroxyl groups excluding tert-OH is 1. The first-order valence-electron chi connectivity index (χ1n) is 7.96. The van der Waals surface area contributed by atoms with Crippen LogP contribution >= 0.6 is 0 Å². The first kappa shape index (κ1) is 15.5. The Morgan fingerprint density at radius 1 is 1.20 bits per heavy atom. The number of benzene rings is 1. The van der Waals surface area contributed by atoms with Crippen LogP contribution in [0.5, 0.6) is 0 Å². The molecule has 1 aliphatic rings. The third-order valence-electron chi connectivity index (χ3n) is 4.63. The van der Waals surface area contributed by atoms with Crippen LogP contribution < -0.4 is 5.32 Å². The predicted molar refractivity (Wildman–Crippen MR) is 84.9 cm³/mol. The van der Waals surface area contributed by atoms with E-state index >= 15 is 0 Å². The van der Waals surface area contributed by atoms with E-state index in [1.165, 1.54) is 24.0 Å². The minimum Gasteiger partial charge on any atom is -0.396 e. The fraction of sp³-hybridized carbons (Fsp3) is 0.667. The van der Waals surface area contributed by atoms with Crippen molar-refractivity contribution in [2.45, 2.75) is 58.4 Å². The molecule has 2 N–H and O–H groups in total. The summed E-state index contributed by atoms with van der Waals surface area (Å²) in [5.74, 6) is 0.687. The molecule has 1 aromatic carbocycles. The second-order valence-corrected chi connectivity index (χ2v) is 7.03. The molecule has 2 heteroatoms. The summed E-state index contributed by atoms with van der Waals surface area (Å²) in [7, 11) is 0. The summed E-state index contributed by atoms with van der Waals surface area (Å²) < 4.78 is 0. The van der Waals surface area contributed by atoms with Crippen molar-refractivity contribution in [1.29, 1.82) is 0 Å². The van der Waals surface area contributed by atoms with Crippen molar-refractivity contribution in [3.05, 3.63) is 35.4 Å². The van der Waals surface area contributed by atoms with Gasteiger partial charge in [-0.1, -0.05) is 45.0 Å². The first-order chi connectivity index (χ1) is 9.53. The topological polar surface area (TPSA) is 32.3 Å². The molecule has 112 valence electrons. The van der Waals surface area contributed by atoms with Crippen LogP contribution in [0.2, 0.25) is 0 Å². The van der Waals surface area contributed by atoms with E-state index in [4.69, 9.17) is 5.11 Å². The average Bonchev–Trinajstić information content (AvgIpc) is 2.45. The second-order valence-electron chi connectivity index (χ2n) is 7.03. The van der Waals surface area contributed by atoms with Gasteiger partial charge < -0.3 is 10.4 Å². The largest absolute Gasteiger partial charge is 0.396 e. The van der Waals surface area contributed by atoms with Gasteiger partial charge in [-0.05, 0) is 48.1 Å². The van der Waals surface area contributed by atoms with E-state index < -0.39 is 0 Å². The monoisotopic (exact) mass is 275 g/mol. The fourth-order valence-electron chi connectivity index (χ4n) is 3.26. The first-order valence-corrected chi connectivity index (χ1v) is 7.96. The lowest BCUT2D eigenvalue weighted by Gasteiger charge is -2.33. The summed E-state index contributed by atoms with van der Waals surface area (Å²) in [4.78, 5) is 0. The van der Waals surface area contributed by atoms with Gasteiger partial charge in [0.15, 0.2) is 0 Å². The number of hydrogen-bond donors (Lipinski definition) is 2. The van der Waals surface area contributed by atoms with E-state index in [1.54, 1.807) is 0 Å². The van der Waals surface area contributed by atoms with E-state index in [1.807, 2.05) is 0 Å². The van der Waals surface area contributed by atoms with Crippen LogP contribution in [0.3, 0.4) is 0 Å². The number of fused-ring (bicyclic) bond motifs is 1. The molecule has 2 rings (SSSR count). The van der Waals surface area contributed by atoms with Gasteiger partial charge in [-0.2, -0.15) is 0 Å². The number of rotatable bonds is 6. The summed E-state index contributed by atoms with van der Waals surface area (Å²) in [6, 6.07) is 9.37. The summed E-state index contributed by atoms with van der Waals surface area (Å²) >= 11 is 0. The Morgan fingerprint density at radius 2 is 1.90 bits per heavy atom. The highest BCUT2D eigenvalue weighted by molar-refractivity contribution is 5.34. The van der Waals surface area contributed by atoms with Gasteiger partial charge in [0.25, 0.3) is 0 Å². The van der Waals surface area contributed by atoms with Crippen molar-refractivity contribution in [2.24, 2.45) is 5.41 Å². The molecule has 2 atom stereocenters. The molecule has 0 amide bonds. The number of nitrogens with one attached hydrogen (secondary N) is 1. The number of hydrogen-bond acceptors (Lipinski definition) is 2. The molecule has 0 spiro atoms. The maximum absolute atomic E-state index is 8.99. The van der Waals surface area contributed by atoms with Crippen molar-refractivity contribution in [2.75, 3.05) is 13.2 Å². The molecule has 0 saturated heterocycles. The van der Waals surface area contributed by atoms with Crippen molar-refractivity contribution < 1.29 is 5.11 Å². The molecule has 0 saturated carbocycles. The lowest BCUT2D eigenvalue weighted by atomic mass is 9.80. The second kappa shape index (κ2) is 6.73. The van der Waals surface area contributed by atoms with Gasteiger partial charge in [0.05, 0.1) is 0 Å². The Bertz CT molecular complexity index is 427. The highest BCUT2D eigenvalue weighted by atomic mass is 16.2. The van der Waals surface area contributed by atoms with Crippen LogP contribution in [0.15, 0.2) is 24.3 Å². The molecule has 2 nitrogen and oxygen atoms in total. The Balaban J connectivity index is 1.99. The van der Waals surface area contributed by atoms with Crippen LogP contribution in [0.1, 0.15) is 69.5 Å². The van der Waals surface area contributed by atoms with Crippen molar-refractivity contribution in [3.63, 3.8) is 0 Å². The summed E-state index contributed by atoms with van der Waals surface area (Å²) in [5, 5.41) is 12.8. The minimum absolute atomic E-state index is 0.251. The van der Waals surface area contributed by atoms with Crippen LogP contribution in [-0.4, -0.2) is 18.3 Å². The Hall–Kier alpha value is -0.860. The van der Waals surface area contributed by atoms with Crippen LogP contribution in [0, 0.1) is 5.41 Å². The SMILES string of the molecule is CC1CCC(NCC(C)(C)CCCO)c2ccccc21. The molecular weight excluding hydrogens is 246 g/mol. The van der Waals surface area contributed by atoms with E-state index in [9.17, 15) is 0 Å². The molecular formula is C18H29NO. The Morgan fingerprint density at radius 3 is 2.60 bits per heavy atom. The van der Waals surface area contributed by atoms with Gasteiger partial charge >= 0.3 is 0 Å². The van der Waals surface area contributed by atoms with Gasteiger partial charge in [-0.15, -0.1) is 0 Å². The van der Waals surface area contributed by atoms with E-state index in [0.717, 1.165) is 19.4 Å². The quantitative estimate of drug-likeness (QED) is 0.822. The molecule has 1 aromatic rings. The molecule has 20 heavy (non-hydrogen) atoms. The molecule has 0 radical (unpaired) electrons. The minimum atomic E-state index is 0.251. The van der Waals surface area contributed by atoms with Crippen molar-refractivity contribution in [1.82, 2.24) is 5.32 Å². The van der Waals surface area contributed by atoms with Crippen LogP contribution in [0.4, 0.5) is 0 Å². The molecule has 1 aliphatic carbocycles. The van der Waals surface area contributed by atoms with E-state index in [0.29, 0.717) is 18.6 Å². The highest BCUT2D eigenvalue weighted by Gasteiger charge is 2.26. The fourth-order valence-corrected chi connectivity index (χ4v) is 3.26. The van der Waals surface area contributed by atoms with Gasteiger partial charge in [-0.3, -0.25) is 0 Å². The number of aliphatic hydroxyl groups is 1. The summed E-state index contributed by atoms with van der Waals surface area (Å²) in [6.45, 7) is 8.22. The van der Waals surface area contributed by atoms with E-state index in [-0.39, 0.29) is 5.41 Å². The molecule has 0 fully saturated rings. The molecule has 0 aromatic heterocycles. The molecule has 0 aliphatic heterocycles. The standard InChI is InChI=1S/C18H29NO/c1-14-9-10-17(16-8-5-4-7-15(14)16)19-13-18(2,3)11-6-12-20/h4-5,7-8,14,17,19-20H,6,9-13H2,1-3H3. The molecule has 0 bridgehead atoms. The summed E-state index contributed by atoms with van der Waals surface area (Å²) in [5.41, 5.74) is 3.26. The zero-order valence-electron chi connectivity index (χ0n) is 13.2. The van der Waals surface area contributed by atoms with Gasteiger partial charge in [-0.25, -0.2) is 0 Å². The van der Waals surface area contributed by atoms with Crippen LogP contribution in [-0.2, 0) is 0 Å². The van der Waals surface area contributed by atoms with Crippen molar-refractivity contribution >= 4 is 0 Å². The third kappa shape index (κ3) is 3.83. The lowest BCUT2D eigenvalue weighted by molar-refractivity contribution is 0.229. The zero-order valence-corrected chi connectivity index (χ0v) is 13.2. The average molecular weight is 275 g/mol. The highest BCUT2D eigenvalue weighted by Crippen LogP contribution is 2.37. The molecule has 0 heterocycles. The van der Waals surface area contributed by atoms with E-state index in [2.05, 4.69) is 50.4 Å². The van der Waals surface area contributed by atoms with Crippen molar-refractivity contribution in [3.8, 4) is 0 Å². The smallest absolute Gasteiger partial charge is 0.0431 e. The lowest BCUT2D eigenvalue weighted by Crippen LogP contribution is -2.34. The zero-order chi connectivity index (χ0) is 14.6.